The lowest BCUT2D eigenvalue weighted by atomic mass is 9.79. The molecule has 0 amide bonds. The van der Waals surface area contributed by atoms with Crippen molar-refractivity contribution in [3.63, 3.8) is 0 Å². The van der Waals surface area contributed by atoms with E-state index in [-0.39, 0.29) is 0 Å². The van der Waals surface area contributed by atoms with Crippen molar-refractivity contribution in [1.29, 1.82) is 0 Å². The zero-order valence-corrected chi connectivity index (χ0v) is 7.93. The van der Waals surface area contributed by atoms with Crippen molar-refractivity contribution >= 4 is 0 Å². The molecule has 0 aromatic heterocycles. The van der Waals surface area contributed by atoms with Crippen LogP contribution < -0.4 is 5.32 Å². The maximum Gasteiger partial charge on any atom is 0.0130 e. The number of hydrogen-bond donors (Lipinski definition) is 1. The van der Waals surface area contributed by atoms with Gasteiger partial charge in [-0.3, -0.25) is 0 Å². The molecule has 1 rings (SSSR count). The Bertz CT molecular complexity index is 112. The van der Waals surface area contributed by atoms with Crippen molar-refractivity contribution in [1.82, 2.24) is 10.2 Å². The average molecular weight is 156 g/mol. The Morgan fingerprint density at radius 3 is 2.45 bits per heavy atom. The van der Waals surface area contributed by atoms with Crippen LogP contribution in [0, 0.1) is 5.92 Å². The summed E-state index contributed by atoms with van der Waals surface area (Å²) in [6.45, 7) is 4.49. The lowest BCUT2D eigenvalue weighted by Crippen LogP contribution is -2.47. The smallest absolute Gasteiger partial charge is 0.0130 e. The zero-order chi connectivity index (χ0) is 8.27. The molecule has 0 aromatic carbocycles. The minimum absolute atomic E-state index is 0.842. The minimum Gasteiger partial charge on any atom is -0.317 e. The van der Waals surface area contributed by atoms with Crippen molar-refractivity contribution < 1.29 is 0 Å². The van der Waals surface area contributed by atoms with Gasteiger partial charge >= 0.3 is 0 Å². The maximum absolute atomic E-state index is 3.41. The molecular formula is C9H20N2. The molecule has 1 aliphatic rings. The molecule has 0 spiro atoms. The van der Waals surface area contributed by atoms with E-state index in [1.165, 1.54) is 19.4 Å². The summed E-state index contributed by atoms with van der Waals surface area (Å²) in [5.41, 5.74) is 0. The Kier molecular flexibility index (Phi) is 3.34. The largest absolute Gasteiger partial charge is 0.317 e. The fourth-order valence-electron chi connectivity index (χ4n) is 1.80. The Balaban J connectivity index is 2.15. The molecule has 1 fully saturated rings. The zero-order valence-electron chi connectivity index (χ0n) is 7.93. The summed E-state index contributed by atoms with van der Waals surface area (Å²) in [4.78, 5) is 2.35. The van der Waals surface area contributed by atoms with Gasteiger partial charge in [0.05, 0.1) is 0 Å². The molecule has 11 heavy (non-hydrogen) atoms. The van der Waals surface area contributed by atoms with E-state index in [4.69, 9.17) is 0 Å². The highest BCUT2D eigenvalue weighted by atomic mass is 15.1. The average Bonchev–Trinajstić information content (AvgIpc) is 1.84. The Hall–Kier alpha value is -0.0800. The standard InChI is InChI=1S/C9H20N2/c1-4-10-7-8-5-6-9(8)11(2)3/h8-10H,4-7H2,1-3H3. The van der Waals surface area contributed by atoms with Gasteiger partial charge in [-0.25, -0.2) is 0 Å². The van der Waals surface area contributed by atoms with Gasteiger partial charge in [-0.05, 0) is 45.9 Å². The molecule has 2 unspecified atom stereocenters. The van der Waals surface area contributed by atoms with Crippen LogP contribution in [-0.2, 0) is 0 Å². The highest BCUT2D eigenvalue weighted by Crippen LogP contribution is 2.29. The molecular weight excluding hydrogens is 136 g/mol. The van der Waals surface area contributed by atoms with Crippen LogP contribution in [0.1, 0.15) is 19.8 Å². The Labute approximate surface area is 70.0 Å². The van der Waals surface area contributed by atoms with Gasteiger partial charge in [0.1, 0.15) is 0 Å². The molecule has 0 aromatic rings. The SMILES string of the molecule is CCNCC1CCC1N(C)C. The van der Waals surface area contributed by atoms with Crippen molar-refractivity contribution in [3.05, 3.63) is 0 Å². The summed E-state index contributed by atoms with van der Waals surface area (Å²) in [5.74, 6) is 0.907. The van der Waals surface area contributed by atoms with E-state index in [1.807, 2.05) is 0 Å². The third-order valence-corrected chi connectivity index (χ3v) is 2.70. The summed E-state index contributed by atoms with van der Waals surface area (Å²) < 4.78 is 0. The predicted molar refractivity (Wildman–Crippen MR) is 48.7 cm³/mol. The fraction of sp³-hybridized carbons (Fsp3) is 1.00. The fourth-order valence-corrected chi connectivity index (χ4v) is 1.80. The van der Waals surface area contributed by atoms with Crippen LogP contribution in [0.25, 0.3) is 0 Å². The molecule has 2 heteroatoms. The third-order valence-electron chi connectivity index (χ3n) is 2.70. The summed E-state index contributed by atoms with van der Waals surface area (Å²) in [5, 5.41) is 3.41. The first-order valence-corrected chi connectivity index (χ1v) is 4.62. The lowest BCUT2D eigenvalue weighted by Gasteiger charge is -2.41. The second kappa shape index (κ2) is 4.07. The molecule has 0 saturated heterocycles. The van der Waals surface area contributed by atoms with Gasteiger partial charge < -0.3 is 10.2 Å². The molecule has 2 atom stereocenters. The summed E-state index contributed by atoms with van der Waals surface area (Å²) >= 11 is 0. The van der Waals surface area contributed by atoms with E-state index in [0.29, 0.717) is 0 Å². The molecule has 66 valence electrons. The molecule has 0 radical (unpaired) electrons. The molecule has 0 aliphatic heterocycles. The van der Waals surface area contributed by atoms with Crippen LogP contribution >= 0.6 is 0 Å². The van der Waals surface area contributed by atoms with E-state index in [0.717, 1.165) is 18.5 Å². The summed E-state index contributed by atoms with van der Waals surface area (Å²) in [7, 11) is 4.37. The van der Waals surface area contributed by atoms with Crippen LogP contribution in [0.3, 0.4) is 0 Å². The first kappa shape index (κ1) is 9.01. The molecule has 1 aliphatic carbocycles. The van der Waals surface area contributed by atoms with E-state index >= 15 is 0 Å². The second-order valence-electron chi connectivity index (χ2n) is 3.68. The Morgan fingerprint density at radius 1 is 1.36 bits per heavy atom. The van der Waals surface area contributed by atoms with Gasteiger partial charge in [0.25, 0.3) is 0 Å². The second-order valence-corrected chi connectivity index (χ2v) is 3.68. The van der Waals surface area contributed by atoms with Gasteiger partial charge in [0, 0.05) is 6.04 Å². The number of nitrogens with one attached hydrogen (secondary N) is 1. The predicted octanol–water partition coefficient (Wildman–Crippen LogP) is 0.936. The summed E-state index contributed by atoms with van der Waals surface area (Å²) in [6.07, 6.45) is 2.80. The van der Waals surface area contributed by atoms with E-state index < -0.39 is 0 Å². The van der Waals surface area contributed by atoms with Gasteiger partial charge in [-0.15, -0.1) is 0 Å². The van der Waals surface area contributed by atoms with E-state index in [1.54, 1.807) is 0 Å². The van der Waals surface area contributed by atoms with Crippen molar-refractivity contribution in [2.45, 2.75) is 25.8 Å². The van der Waals surface area contributed by atoms with Crippen molar-refractivity contribution in [2.75, 3.05) is 27.2 Å². The van der Waals surface area contributed by atoms with Crippen LogP contribution in [0.15, 0.2) is 0 Å². The lowest BCUT2D eigenvalue weighted by molar-refractivity contribution is 0.106. The molecule has 1 N–H and O–H groups in total. The van der Waals surface area contributed by atoms with Crippen LogP contribution in [-0.4, -0.2) is 38.1 Å². The highest BCUT2D eigenvalue weighted by Gasteiger charge is 2.31. The number of rotatable bonds is 4. The van der Waals surface area contributed by atoms with Crippen LogP contribution in [0.2, 0.25) is 0 Å². The minimum atomic E-state index is 0.842. The van der Waals surface area contributed by atoms with Gasteiger partial charge in [-0.2, -0.15) is 0 Å². The first-order chi connectivity index (χ1) is 5.25. The van der Waals surface area contributed by atoms with E-state index in [9.17, 15) is 0 Å². The number of nitrogens with zero attached hydrogens (tertiary/aromatic N) is 1. The molecule has 0 bridgehead atoms. The van der Waals surface area contributed by atoms with E-state index in [2.05, 4.69) is 31.2 Å². The monoisotopic (exact) mass is 156 g/mol. The Morgan fingerprint density at radius 2 is 2.09 bits per heavy atom. The van der Waals surface area contributed by atoms with Crippen LogP contribution in [0.5, 0.6) is 0 Å². The van der Waals surface area contributed by atoms with Gasteiger partial charge in [0.2, 0.25) is 0 Å². The normalized spacial score (nSPS) is 30.5. The molecule has 1 saturated carbocycles. The van der Waals surface area contributed by atoms with Gasteiger partial charge in [0.15, 0.2) is 0 Å². The molecule has 0 heterocycles. The number of hydrogen-bond acceptors (Lipinski definition) is 2. The quantitative estimate of drug-likeness (QED) is 0.651. The first-order valence-electron chi connectivity index (χ1n) is 4.62. The van der Waals surface area contributed by atoms with Gasteiger partial charge in [-0.1, -0.05) is 6.92 Å². The maximum atomic E-state index is 3.41. The highest BCUT2D eigenvalue weighted by molar-refractivity contribution is 4.87. The molecule has 2 nitrogen and oxygen atoms in total. The van der Waals surface area contributed by atoms with Crippen molar-refractivity contribution in [2.24, 2.45) is 5.92 Å². The topological polar surface area (TPSA) is 15.3 Å². The third kappa shape index (κ3) is 2.17. The van der Waals surface area contributed by atoms with Crippen LogP contribution in [0.4, 0.5) is 0 Å². The van der Waals surface area contributed by atoms with Crippen molar-refractivity contribution in [3.8, 4) is 0 Å². The summed E-state index contributed by atoms with van der Waals surface area (Å²) in [6, 6.07) is 0.842.